The predicted molar refractivity (Wildman–Crippen MR) is 118 cm³/mol. The summed E-state index contributed by atoms with van der Waals surface area (Å²) in [7, 11) is 1.61. The molecule has 0 radical (unpaired) electrons. The normalized spacial score (nSPS) is 37.8. The minimum absolute atomic E-state index is 0.237. The summed E-state index contributed by atoms with van der Waals surface area (Å²) in [6.45, 7) is -1.03. The van der Waals surface area contributed by atoms with Gasteiger partial charge in [-0.15, -0.1) is 0 Å². The van der Waals surface area contributed by atoms with Gasteiger partial charge in [-0.1, -0.05) is 12.1 Å². The molecule has 2 saturated heterocycles. The molecule has 0 aliphatic carbocycles. The number of hydrogen-bond donors (Lipinski definition) is 7. The van der Waals surface area contributed by atoms with Crippen molar-refractivity contribution in [2.45, 2.75) is 80.7 Å². The van der Waals surface area contributed by atoms with Crippen LogP contribution in [0.1, 0.15) is 18.4 Å². The Hall–Kier alpha value is -1.42. The minimum atomic E-state index is -1.71. The largest absolute Gasteiger partial charge is 0.497 e. The van der Waals surface area contributed by atoms with Crippen molar-refractivity contribution in [3.8, 4) is 5.75 Å². The van der Waals surface area contributed by atoms with Crippen LogP contribution in [0, 0.1) is 0 Å². The topological polar surface area (TPSA) is 188 Å². The van der Waals surface area contributed by atoms with Crippen LogP contribution in [0.2, 0.25) is 0 Å². The molecule has 2 heterocycles. The molecule has 7 N–H and O–H groups in total. The first-order valence-electron chi connectivity index (χ1n) is 11.6. The Morgan fingerprint density at radius 2 is 1.37 bits per heavy atom. The average molecular weight is 505 g/mol. The van der Waals surface area contributed by atoms with Crippen molar-refractivity contribution in [1.29, 1.82) is 0 Å². The highest BCUT2D eigenvalue weighted by molar-refractivity contribution is 5.27. The van der Waals surface area contributed by atoms with E-state index in [9.17, 15) is 35.7 Å². The quantitative estimate of drug-likeness (QED) is 0.159. The van der Waals surface area contributed by atoms with E-state index in [2.05, 4.69) is 0 Å². The van der Waals surface area contributed by atoms with E-state index in [-0.39, 0.29) is 6.61 Å². The molecule has 1 aromatic carbocycles. The Labute approximate surface area is 203 Å². The summed E-state index contributed by atoms with van der Waals surface area (Å²) in [5.41, 5.74) is 1.14. The molecule has 200 valence electrons. The third kappa shape index (κ3) is 6.87. The van der Waals surface area contributed by atoms with E-state index in [1.54, 1.807) is 7.11 Å². The molecule has 10 atom stereocenters. The number of aliphatic hydroxyl groups is 7. The van der Waals surface area contributed by atoms with E-state index in [1.807, 2.05) is 24.3 Å². The summed E-state index contributed by atoms with van der Waals surface area (Å²) in [6.07, 6.45) is -12.3. The van der Waals surface area contributed by atoms with Gasteiger partial charge in [0.15, 0.2) is 12.6 Å². The van der Waals surface area contributed by atoms with Crippen molar-refractivity contribution < 1.29 is 59.4 Å². The standard InChI is InChI=1S/C23H36O12/c1-31-13-7-5-12(6-8-13)4-2-3-9-32-22-20(30)18(28)21(15(11-25)34-22)35-23-19(29)17(27)16(26)14(10-24)33-23/h5-8,14-30H,2-4,9-11H2,1H3/t14?,15-,16+,17+,18-,19-,20-,21-,22-,23+/m1/s1. The van der Waals surface area contributed by atoms with Crippen LogP contribution in [-0.2, 0) is 25.4 Å². The molecule has 12 nitrogen and oxygen atoms in total. The number of hydrogen-bond acceptors (Lipinski definition) is 12. The van der Waals surface area contributed by atoms with Crippen LogP contribution in [-0.4, -0.2) is 124 Å². The van der Waals surface area contributed by atoms with Crippen molar-refractivity contribution in [3.63, 3.8) is 0 Å². The van der Waals surface area contributed by atoms with Gasteiger partial charge in [0.25, 0.3) is 0 Å². The number of rotatable bonds is 11. The van der Waals surface area contributed by atoms with Crippen molar-refractivity contribution in [2.24, 2.45) is 0 Å². The van der Waals surface area contributed by atoms with Crippen molar-refractivity contribution in [1.82, 2.24) is 0 Å². The molecule has 0 aromatic heterocycles. The molecule has 2 fully saturated rings. The fourth-order valence-electron chi connectivity index (χ4n) is 4.12. The maximum atomic E-state index is 10.6. The second kappa shape index (κ2) is 13.2. The molecular weight excluding hydrogens is 468 g/mol. The summed E-state index contributed by atoms with van der Waals surface area (Å²) >= 11 is 0. The average Bonchev–Trinajstić information content (AvgIpc) is 2.88. The molecule has 0 saturated carbocycles. The summed E-state index contributed by atoms with van der Waals surface area (Å²) in [5, 5.41) is 70.1. The number of aliphatic hydroxyl groups excluding tert-OH is 7. The highest BCUT2D eigenvalue weighted by atomic mass is 16.7. The van der Waals surface area contributed by atoms with Crippen LogP contribution < -0.4 is 4.74 Å². The van der Waals surface area contributed by atoms with Gasteiger partial charge in [-0.25, -0.2) is 0 Å². The molecule has 0 amide bonds. The van der Waals surface area contributed by atoms with Crippen LogP contribution in [0.5, 0.6) is 5.75 Å². The zero-order chi connectivity index (χ0) is 25.5. The van der Waals surface area contributed by atoms with Gasteiger partial charge in [0, 0.05) is 6.61 Å². The molecule has 35 heavy (non-hydrogen) atoms. The molecule has 0 spiro atoms. The maximum Gasteiger partial charge on any atom is 0.187 e. The first kappa shape index (κ1) is 28.2. The Morgan fingerprint density at radius 3 is 2.00 bits per heavy atom. The smallest absolute Gasteiger partial charge is 0.187 e. The maximum absolute atomic E-state index is 10.6. The molecule has 1 aromatic rings. The highest BCUT2D eigenvalue weighted by Gasteiger charge is 2.50. The van der Waals surface area contributed by atoms with Gasteiger partial charge in [0.2, 0.25) is 0 Å². The molecule has 2 aliphatic rings. The number of benzene rings is 1. The van der Waals surface area contributed by atoms with Crippen molar-refractivity contribution in [3.05, 3.63) is 29.8 Å². The number of aryl methyl sites for hydroxylation is 1. The van der Waals surface area contributed by atoms with Gasteiger partial charge in [-0.2, -0.15) is 0 Å². The number of unbranched alkanes of at least 4 members (excludes halogenated alkanes) is 1. The van der Waals surface area contributed by atoms with Gasteiger partial charge in [-0.3, -0.25) is 0 Å². The molecule has 12 heteroatoms. The lowest BCUT2D eigenvalue weighted by molar-refractivity contribution is -0.359. The summed E-state index contributed by atoms with van der Waals surface area (Å²) in [4.78, 5) is 0. The zero-order valence-electron chi connectivity index (χ0n) is 19.5. The van der Waals surface area contributed by atoms with E-state index in [0.29, 0.717) is 6.42 Å². The lowest BCUT2D eigenvalue weighted by atomic mass is 9.97. The summed E-state index contributed by atoms with van der Waals surface area (Å²) in [5.74, 6) is 0.784. The Bertz CT molecular complexity index is 745. The monoisotopic (exact) mass is 504 g/mol. The van der Waals surface area contributed by atoms with Crippen LogP contribution in [0.15, 0.2) is 24.3 Å². The molecule has 1 unspecified atom stereocenters. The van der Waals surface area contributed by atoms with E-state index >= 15 is 0 Å². The third-order valence-corrected chi connectivity index (χ3v) is 6.26. The second-order valence-corrected chi connectivity index (χ2v) is 8.68. The van der Waals surface area contributed by atoms with Gasteiger partial charge < -0.3 is 59.4 Å². The molecular formula is C23H36O12. The van der Waals surface area contributed by atoms with Crippen LogP contribution in [0.3, 0.4) is 0 Å². The highest BCUT2D eigenvalue weighted by Crippen LogP contribution is 2.29. The fourth-order valence-corrected chi connectivity index (χ4v) is 4.12. The SMILES string of the molecule is COc1ccc(CCCCO[C@@H]2O[C@H](CO)[C@@H](O[C@@H]3OC(CO)[C@H](O)[C@H](O)[C@H]3O)[C@H](O)[C@H]2O)cc1. The second-order valence-electron chi connectivity index (χ2n) is 8.68. The van der Waals surface area contributed by atoms with Gasteiger partial charge in [0.1, 0.15) is 54.6 Å². The predicted octanol–water partition coefficient (Wildman–Crippen LogP) is -2.34. The van der Waals surface area contributed by atoms with Crippen LogP contribution in [0.25, 0.3) is 0 Å². The van der Waals surface area contributed by atoms with Crippen LogP contribution >= 0.6 is 0 Å². The lowest BCUT2D eigenvalue weighted by Gasteiger charge is -2.45. The third-order valence-electron chi connectivity index (χ3n) is 6.26. The van der Waals surface area contributed by atoms with E-state index in [0.717, 1.165) is 24.2 Å². The Kier molecular flexibility index (Phi) is 10.6. The Morgan fingerprint density at radius 1 is 0.743 bits per heavy atom. The molecule has 0 bridgehead atoms. The van der Waals surface area contributed by atoms with Crippen molar-refractivity contribution in [2.75, 3.05) is 26.9 Å². The fraction of sp³-hybridized carbons (Fsp3) is 0.739. The van der Waals surface area contributed by atoms with E-state index in [1.165, 1.54) is 0 Å². The number of methoxy groups -OCH3 is 1. The van der Waals surface area contributed by atoms with E-state index < -0.39 is 74.6 Å². The summed E-state index contributed by atoms with van der Waals surface area (Å²) < 4.78 is 27.1. The lowest BCUT2D eigenvalue weighted by Crippen LogP contribution is -2.64. The zero-order valence-corrected chi connectivity index (χ0v) is 19.5. The first-order valence-corrected chi connectivity index (χ1v) is 11.6. The summed E-state index contributed by atoms with van der Waals surface area (Å²) in [6, 6.07) is 7.73. The van der Waals surface area contributed by atoms with Gasteiger partial charge in [0.05, 0.1) is 20.3 Å². The van der Waals surface area contributed by atoms with Gasteiger partial charge in [-0.05, 0) is 37.0 Å². The molecule has 2 aliphatic heterocycles. The minimum Gasteiger partial charge on any atom is -0.497 e. The van der Waals surface area contributed by atoms with E-state index in [4.69, 9.17) is 23.7 Å². The molecule has 3 rings (SSSR count). The number of ether oxygens (including phenoxy) is 5. The first-order chi connectivity index (χ1) is 16.8. The van der Waals surface area contributed by atoms with Crippen LogP contribution in [0.4, 0.5) is 0 Å². The Balaban J connectivity index is 1.49. The van der Waals surface area contributed by atoms with Crippen molar-refractivity contribution >= 4 is 0 Å². The van der Waals surface area contributed by atoms with Gasteiger partial charge >= 0.3 is 0 Å².